The largest absolute Gasteiger partial charge is 0.390 e. The van der Waals surface area contributed by atoms with Gasteiger partial charge in [0.05, 0.1) is 5.60 Å². The standard InChI is InChI=1S/C13H22O2/c1-9-6-11(14)7-10(13(9,4)5)8-12(2,3)15/h6,10,15H,7-8H2,1-5H3. The molecule has 1 aliphatic carbocycles. The molecule has 0 aliphatic heterocycles. The minimum Gasteiger partial charge on any atom is -0.390 e. The lowest BCUT2D eigenvalue weighted by Gasteiger charge is -2.40. The van der Waals surface area contributed by atoms with Crippen molar-refractivity contribution < 1.29 is 9.90 Å². The maximum atomic E-state index is 11.5. The van der Waals surface area contributed by atoms with E-state index < -0.39 is 5.60 Å². The van der Waals surface area contributed by atoms with Gasteiger partial charge in [0.15, 0.2) is 5.78 Å². The molecule has 86 valence electrons. The first-order valence-corrected chi connectivity index (χ1v) is 5.57. The summed E-state index contributed by atoms with van der Waals surface area (Å²) in [6.45, 7) is 9.93. The van der Waals surface area contributed by atoms with Crippen LogP contribution in [0.15, 0.2) is 11.6 Å². The molecule has 0 radical (unpaired) electrons. The first-order chi connectivity index (χ1) is 6.63. The molecule has 2 nitrogen and oxygen atoms in total. The van der Waals surface area contributed by atoms with Gasteiger partial charge in [0, 0.05) is 6.42 Å². The van der Waals surface area contributed by atoms with Crippen LogP contribution in [-0.2, 0) is 4.79 Å². The first kappa shape index (κ1) is 12.4. The lowest BCUT2D eigenvalue weighted by molar-refractivity contribution is -0.117. The summed E-state index contributed by atoms with van der Waals surface area (Å²) in [5.41, 5.74) is 0.460. The van der Waals surface area contributed by atoms with Gasteiger partial charge in [-0.05, 0) is 44.6 Å². The molecule has 1 unspecified atom stereocenters. The Balaban J connectivity index is 2.91. The van der Waals surface area contributed by atoms with E-state index in [1.807, 2.05) is 6.92 Å². The van der Waals surface area contributed by atoms with Gasteiger partial charge < -0.3 is 5.11 Å². The summed E-state index contributed by atoms with van der Waals surface area (Å²) in [6.07, 6.45) is 2.99. The van der Waals surface area contributed by atoms with E-state index in [1.165, 1.54) is 0 Å². The van der Waals surface area contributed by atoms with E-state index >= 15 is 0 Å². The van der Waals surface area contributed by atoms with E-state index in [0.717, 1.165) is 5.57 Å². The number of aliphatic hydroxyl groups is 1. The molecule has 0 saturated carbocycles. The van der Waals surface area contributed by atoms with Crippen LogP contribution in [0.3, 0.4) is 0 Å². The van der Waals surface area contributed by atoms with Crippen LogP contribution in [0, 0.1) is 11.3 Å². The summed E-state index contributed by atoms with van der Waals surface area (Å²) in [4.78, 5) is 11.5. The summed E-state index contributed by atoms with van der Waals surface area (Å²) in [5, 5.41) is 9.84. The lowest BCUT2D eigenvalue weighted by atomic mass is 9.65. The average molecular weight is 210 g/mol. The number of hydrogen-bond donors (Lipinski definition) is 1. The SMILES string of the molecule is CC1=CC(=O)CC(CC(C)(C)O)C1(C)C. The molecule has 1 atom stereocenters. The Morgan fingerprint density at radius 3 is 2.53 bits per heavy atom. The minimum absolute atomic E-state index is 0.0217. The highest BCUT2D eigenvalue weighted by molar-refractivity contribution is 5.91. The first-order valence-electron chi connectivity index (χ1n) is 5.57. The Morgan fingerprint density at radius 1 is 1.53 bits per heavy atom. The molecule has 0 aromatic carbocycles. The number of rotatable bonds is 2. The summed E-state index contributed by atoms with van der Waals surface area (Å²) >= 11 is 0. The van der Waals surface area contributed by atoms with Gasteiger partial charge in [-0.15, -0.1) is 0 Å². The molecule has 15 heavy (non-hydrogen) atoms. The maximum absolute atomic E-state index is 11.5. The van der Waals surface area contributed by atoms with Gasteiger partial charge in [-0.3, -0.25) is 4.79 Å². The Morgan fingerprint density at radius 2 is 2.07 bits per heavy atom. The zero-order chi connectivity index (χ0) is 11.9. The van der Waals surface area contributed by atoms with Crippen molar-refractivity contribution in [3.8, 4) is 0 Å². The zero-order valence-electron chi connectivity index (χ0n) is 10.4. The zero-order valence-corrected chi connectivity index (χ0v) is 10.4. The molecule has 0 heterocycles. The van der Waals surface area contributed by atoms with E-state index in [1.54, 1.807) is 19.9 Å². The molecule has 1 N–H and O–H groups in total. The topological polar surface area (TPSA) is 37.3 Å². The normalized spacial score (nSPS) is 26.4. The predicted molar refractivity (Wildman–Crippen MR) is 61.6 cm³/mol. The number of hydrogen-bond acceptors (Lipinski definition) is 2. The highest BCUT2D eigenvalue weighted by Crippen LogP contribution is 2.43. The van der Waals surface area contributed by atoms with Gasteiger partial charge in [0.1, 0.15) is 0 Å². The molecule has 0 aromatic heterocycles. The third kappa shape index (κ3) is 2.91. The molecular formula is C13H22O2. The van der Waals surface area contributed by atoms with Crippen LogP contribution in [0.25, 0.3) is 0 Å². The van der Waals surface area contributed by atoms with Crippen molar-refractivity contribution in [2.75, 3.05) is 0 Å². The minimum atomic E-state index is -0.695. The van der Waals surface area contributed by atoms with Crippen molar-refractivity contribution >= 4 is 5.78 Å². The second kappa shape index (κ2) is 3.75. The molecule has 0 spiro atoms. The second-order valence-corrected chi connectivity index (χ2v) is 5.93. The van der Waals surface area contributed by atoms with Crippen molar-refractivity contribution in [1.82, 2.24) is 0 Å². The van der Waals surface area contributed by atoms with Crippen LogP contribution in [0.5, 0.6) is 0 Å². The molecule has 0 fully saturated rings. The quantitative estimate of drug-likeness (QED) is 0.761. The second-order valence-electron chi connectivity index (χ2n) is 5.93. The fourth-order valence-corrected chi connectivity index (χ4v) is 2.24. The van der Waals surface area contributed by atoms with E-state index in [4.69, 9.17) is 0 Å². The van der Waals surface area contributed by atoms with Crippen molar-refractivity contribution in [1.29, 1.82) is 0 Å². The third-order valence-electron chi connectivity index (χ3n) is 3.61. The van der Waals surface area contributed by atoms with E-state index in [0.29, 0.717) is 12.8 Å². The summed E-state index contributed by atoms with van der Waals surface area (Å²) in [5.74, 6) is 0.441. The number of carbonyl (C=O) groups excluding carboxylic acids is 1. The van der Waals surface area contributed by atoms with E-state index in [-0.39, 0.29) is 17.1 Å². The van der Waals surface area contributed by atoms with Crippen molar-refractivity contribution in [2.45, 2.75) is 53.1 Å². The fraction of sp³-hybridized carbons (Fsp3) is 0.769. The fourth-order valence-electron chi connectivity index (χ4n) is 2.24. The third-order valence-corrected chi connectivity index (χ3v) is 3.61. The smallest absolute Gasteiger partial charge is 0.155 e. The molecule has 0 aromatic rings. The van der Waals surface area contributed by atoms with Crippen molar-refractivity contribution in [3.63, 3.8) is 0 Å². The predicted octanol–water partition coefficient (Wildman–Crippen LogP) is 2.71. The average Bonchev–Trinajstić information content (AvgIpc) is 1.97. The molecule has 1 rings (SSSR count). The molecule has 2 heteroatoms. The van der Waals surface area contributed by atoms with Gasteiger partial charge in [0.25, 0.3) is 0 Å². The Hall–Kier alpha value is -0.630. The van der Waals surface area contributed by atoms with E-state index in [2.05, 4.69) is 13.8 Å². The van der Waals surface area contributed by atoms with Gasteiger partial charge in [0.2, 0.25) is 0 Å². The van der Waals surface area contributed by atoms with Crippen LogP contribution in [0.2, 0.25) is 0 Å². The number of carbonyl (C=O) groups is 1. The Bertz CT molecular complexity index is 292. The highest BCUT2D eigenvalue weighted by Gasteiger charge is 2.38. The monoisotopic (exact) mass is 210 g/mol. The summed E-state index contributed by atoms with van der Waals surface area (Å²) < 4.78 is 0. The maximum Gasteiger partial charge on any atom is 0.155 e. The molecule has 0 amide bonds. The molecular weight excluding hydrogens is 188 g/mol. The van der Waals surface area contributed by atoms with Crippen LogP contribution in [-0.4, -0.2) is 16.5 Å². The summed E-state index contributed by atoms with van der Waals surface area (Å²) in [6, 6.07) is 0. The van der Waals surface area contributed by atoms with E-state index in [9.17, 15) is 9.90 Å². The lowest BCUT2D eigenvalue weighted by Crippen LogP contribution is -2.36. The van der Waals surface area contributed by atoms with Gasteiger partial charge in [-0.1, -0.05) is 19.4 Å². The van der Waals surface area contributed by atoms with Crippen LogP contribution < -0.4 is 0 Å². The van der Waals surface area contributed by atoms with Crippen LogP contribution in [0.1, 0.15) is 47.5 Å². The van der Waals surface area contributed by atoms with Gasteiger partial charge in [-0.25, -0.2) is 0 Å². The van der Waals surface area contributed by atoms with Gasteiger partial charge >= 0.3 is 0 Å². The van der Waals surface area contributed by atoms with Crippen LogP contribution >= 0.6 is 0 Å². The Kier molecular flexibility index (Phi) is 3.11. The summed E-state index contributed by atoms with van der Waals surface area (Å²) in [7, 11) is 0. The van der Waals surface area contributed by atoms with Gasteiger partial charge in [-0.2, -0.15) is 0 Å². The number of allylic oxidation sites excluding steroid dienone is 2. The Labute approximate surface area is 92.4 Å². The van der Waals surface area contributed by atoms with Crippen molar-refractivity contribution in [3.05, 3.63) is 11.6 Å². The number of ketones is 1. The van der Waals surface area contributed by atoms with Crippen molar-refractivity contribution in [2.24, 2.45) is 11.3 Å². The van der Waals surface area contributed by atoms with Crippen LogP contribution in [0.4, 0.5) is 0 Å². The molecule has 1 aliphatic rings. The molecule has 0 bridgehead atoms. The molecule has 0 saturated heterocycles. The highest BCUT2D eigenvalue weighted by atomic mass is 16.3.